The molecule has 1 aromatic rings. The molecule has 0 spiro atoms. The number of hydrogen-bond acceptors (Lipinski definition) is 3. The second-order valence-electron chi connectivity index (χ2n) is 4.92. The van der Waals surface area contributed by atoms with E-state index >= 15 is 0 Å². The van der Waals surface area contributed by atoms with Gasteiger partial charge in [-0.15, -0.1) is 0 Å². The quantitative estimate of drug-likeness (QED) is 0.788. The summed E-state index contributed by atoms with van der Waals surface area (Å²) < 4.78 is 5.69. The highest BCUT2D eigenvalue weighted by Gasteiger charge is 2.14. The maximum atomic E-state index is 5.69. The highest BCUT2D eigenvalue weighted by molar-refractivity contribution is 7.97. The maximum absolute atomic E-state index is 5.69. The van der Waals surface area contributed by atoms with Crippen molar-refractivity contribution in [2.75, 3.05) is 12.8 Å². The fourth-order valence-electron chi connectivity index (χ4n) is 1.39. The first-order valence-electron chi connectivity index (χ1n) is 5.84. The van der Waals surface area contributed by atoms with Gasteiger partial charge in [0.05, 0.1) is 12.3 Å². The van der Waals surface area contributed by atoms with Crippen molar-refractivity contribution in [2.45, 2.75) is 39.5 Å². The van der Waals surface area contributed by atoms with Gasteiger partial charge in [0.15, 0.2) is 0 Å². The minimum Gasteiger partial charge on any atom is -0.464 e. The summed E-state index contributed by atoms with van der Waals surface area (Å²) in [6.45, 7) is 8.65. The first-order chi connectivity index (χ1) is 7.57. The zero-order valence-corrected chi connectivity index (χ0v) is 11.6. The molecule has 0 aliphatic carbocycles. The lowest BCUT2D eigenvalue weighted by molar-refractivity contribution is 0.320. The Morgan fingerprint density at radius 2 is 2.00 bits per heavy atom. The molecule has 0 aliphatic heterocycles. The van der Waals surface area contributed by atoms with Crippen LogP contribution in [0.15, 0.2) is 16.5 Å². The van der Waals surface area contributed by atoms with Crippen molar-refractivity contribution in [3.8, 4) is 0 Å². The number of rotatable bonds is 7. The van der Waals surface area contributed by atoms with Crippen molar-refractivity contribution >= 4 is 11.8 Å². The van der Waals surface area contributed by atoms with E-state index in [0.29, 0.717) is 5.41 Å². The molecule has 0 saturated heterocycles. The number of hydrogen-bond donors (Lipinski definition) is 1. The third-order valence-electron chi connectivity index (χ3n) is 2.86. The molecule has 1 aromatic heterocycles. The Hall–Kier alpha value is -0.410. The van der Waals surface area contributed by atoms with Gasteiger partial charge >= 0.3 is 0 Å². The molecule has 1 N–H and O–H groups in total. The molecule has 2 nitrogen and oxygen atoms in total. The number of furan rings is 1. The summed E-state index contributed by atoms with van der Waals surface area (Å²) in [6, 6.07) is 4.13. The van der Waals surface area contributed by atoms with Crippen molar-refractivity contribution in [3.05, 3.63) is 23.7 Å². The molecule has 0 radical (unpaired) electrons. The monoisotopic (exact) mass is 241 g/mol. The summed E-state index contributed by atoms with van der Waals surface area (Å²) in [4.78, 5) is 0. The molecule has 0 fully saturated rings. The minimum atomic E-state index is 0.370. The van der Waals surface area contributed by atoms with Crippen LogP contribution in [0.2, 0.25) is 0 Å². The first kappa shape index (κ1) is 13.7. The summed E-state index contributed by atoms with van der Waals surface area (Å²) in [7, 11) is 0. The van der Waals surface area contributed by atoms with Crippen LogP contribution in [0.4, 0.5) is 0 Å². The van der Waals surface area contributed by atoms with Crippen LogP contribution in [-0.2, 0) is 12.3 Å². The standard InChI is InChI=1S/C13H23NOS/c1-5-13(2,3)10-14-8-11-6-7-12(15-11)9-16-4/h6-7,14H,5,8-10H2,1-4H3. The molecule has 92 valence electrons. The average Bonchev–Trinajstić information content (AvgIpc) is 2.66. The molecular formula is C13H23NOS. The Morgan fingerprint density at radius 3 is 2.62 bits per heavy atom. The van der Waals surface area contributed by atoms with Gasteiger partial charge in [-0.3, -0.25) is 0 Å². The van der Waals surface area contributed by atoms with E-state index in [1.807, 2.05) is 0 Å². The van der Waals surface area contributed by atoms with Gasteiger partial charge < -0.3 is 9.73 Å². The Labute approximate surface area is 103 Å². The molecule has 1 rings (SSSR count). The lowest BCUT2D eigenvalue weighted by Gasteiger charge is -2.22. The van der Waals surface area contributed by atoms with Gasteiger partial charge in [0.2, 0.25) is 0 Å². The molecule has 0 saturated carbocycles. The smallest absolute Gasteiger partial charge is 0.118 e. The zero-order chi connectivity index (χ0) is 12.0. The van der Waals surface area contributed by atoms with Gasteiger partial charge in [0.1, 0.15) is 11.5 Å². The van der Waals surface area contributed by atoms with Crippen LogP contribution in [0.3, 0.4) is 0 Å². The van der Waals surface area contributed by atoms with Gasteiger partial charge in [-0.05, 0) is 30.2 Å². The molecular weight excluding hydrogens is 218 g/mol. The van der Waals surface area contributed by atoms with Gasteiger partial charge in [-0.1, -0.05) is 20.8 Å². The average molecular weight is 241 g/mol. The maximum Gasteiger partial charge on any atom is 0.118 e. The van der Waals surface area contributed by atoms with Crippen molar-refractivity contribution in [1.29, 1.82) is 0 Å². The van der Waals surface area contributed by atoms with E-state index in [9.17, 15) is 0 Å². The summed E-state index contributed by atoms with van der Waals surface area (Å²) in [5, 5.41) is 3.45. The molecule has 16 heavy (non-hydrogen) atoms. The molecule has 0 aromatic carbocycles. The van der Waals surface area contributed by atoms with Crippen molar-refractivity contribution in [2.24, 2.45) is 5.41 Å². The van der Waals surface area contributed by atoms with Crippen LogP contribution in [0.5, 0.6) is 0 Å². The highest BCUT2D eigenvalue weighted by atomic mass is 32.2. The summed E-state index contributed by atoms with van der Waals surface area (Å²) >= 11 is 1.79. The molecule has 0 aliphatic rings. The van der Waals surface area contributed by atoms with E-state index < -0.39 is 0 Å². The van der Waals surface area contributed by atoms with Crippen LogP contribution in [-0.4, -0.2) is 12.8 Å². The lowest BCUT2D eigenvalue weighted by Crippen LogP contribution is -2.28. The highest BCUT2D eigenvalue weighted by Crippen LogP contribution is 2.18. The Bertz CT molecular complexity index is 307. The van der Waals surface area contributed by atoms with Gasteiger partial charge in [0, 0.05) is 6.54 Å². The first-order valence-corrected chi connectivity index (χ1v) is 7.24. The molecule has 0 bridgehead atoms. The molecule has 3 heteroatoms. The molecule has 0 amide bonds. The van der Waals surface area contributed by atoms with Crippen LogP contribution in [0, 0.1) is 5.41 Å². The van der Waals surface area contributed by atoms with Crippen LogP contribution >= 0.6 is 11.8 Å². The van der Waals surface area contributed by atoms with E-state index in [1.54, 1.807) is 11.8 Å². The van der Waals surface area contributed by atoms with E-state index in [1.165, 1.54) is 6.42 Å². The largest absolute Gasteiger partial charge is 0.464 e. The van der Waals surface area contributed by atoms with E-state index in [2.05, 4.69) is 44.5 Å². The summed E-state index contributed by atoms with van der Waals surface area (Å²) in [5.74, 6) is 3.07. The van der Waals surface area contributed by atoms with Crippen LogP contribution < -0.4 is 5.32 Å². The Kier molecular flexibility index (Phi) is 5.42. The fraction of sp³-hybridized carbons (Fsp3) is 0.692. The Balaban J connectivity index is 2.31. The summed E-state index contributed by atoms with van der Waals surface area (Å²) in [6.07, 6.45) is 3.28. The van der Waals surface area contributed by atoms with Crippen LogP contribution in [0.25, 0.3) is 0 Å². The van der Waals surface area contributed by atoms with E-state index in [4.69, 9.17) is 4.42 Å². The predicted octanol–water partition coefficient (Wildman–Crippen LogP) is 3.67. The Morgan fingerprint density at radius 1 is 1.31 bits per heavy atom. The fourth-order valence-corrected chi connectivity index (χ4v) is 1.83. The van der Waals surface area contributed by atoms with Crippen molar-refractivity contribution in [1.82, 2.24) is 5.32 Å². The molecule has 0 unspecified atom stereocenters. The van der Waals surface area contributed by atoms with Crippen molar-refractivity contribution in [3.63, 3.8) is 0 Å². The van der Waals surface area contributed by atoms with Crippen molar-refractivity contribution < 1.29 is 4.42 Å². The SMILES string of the molecule is CCC(C)(C)CNCc1ccc(CSC)o1. The predicted molar refractivity (Wildman–Crippen MR) is 71.7 cm³/mol. The normalized spacial score (nSPS) is 12.0. The van der Waals surface area contributed by atoms with Crippen LogP contribution in [0.1, 0.15) is 38.7 Å². The number of nitrogens with one attached hydrogen (secondary N) is 1. The second-order valence-corrected chi connectivity index (χ2v) is 5.79. The second kappa shape index (κ2) is 6.36. The van der Waals surface area contributed by atoms with Gasteiger partial charge in [-0.25, -0.2) is 0 Å². The van der Waals surface area contributed by atoms with E-state index in [0.717, 1.165) is 30.4 Å². The van der Waals surface area contributed by atoms with E-state index in [-0.39, 0.29) is 0 Å². The molecule has 0 atom stereocenters. The van der Waals surface area contributed by atoms with Gasteiger partial charge in [-0.2, -0.15) is 11.8 Å². The van der Waals surface area contributed by atoms with Gasteiger partial charge in [0.25, 0.3) is 0 Å². The lowest BCUT2D eigenvalue weighted by atomic mass is 9.90. The summed E-state index contributed by atoms with van der Waals surface area (Å²) in [5.41, 5.74) is 0.370. The molecule has 1 heterocycles. The minimum absolute atomic E-state index is 0.370. The topological polar surface area (TPSA) is 25.2 Å². The third-order valence-corrected chi connectivity index (χ3v) is 3.44. The number of thioether (sulfide) groups is 1. The zero-order valence-electron chi connectivity index (χ0n) is 10.8. The third kappa shape index (κ3) is 4.62.